The van der Waals surface area contributed by atoms with E-state index in [1.807, 2.05) is 0 Å². The van der Waals surface area contributed by atoms with E-state index in [0.29, 0.717) is 12.1 Å². The molecule has 1 saturated heterocycles. The first kappa shape index (κ1) is 19.3. The first-order valence-corrected chi connectivity index (χ1v) is 10.1. The molecular weight excluding hydrogens is 376 g/mol. The molecule has 0 bridgehead atoms. The summed E-state index contributed by atoms with van der Waals surface area (Å²) in [6.45, 7) is 0.0129. The number of aromatic amines is 1. The van der Waals surface area contributed by atoms with Crippen molar-refractivity contribution in [2.75, 3.05) is 39.0 Å². The Hall–Kier alpha value is -2.50. The number of carboxylic acids is 1. The molecule has 2 aromatic rings. The minimum atomic E-state index is -3.71. The number of fused-ring (bicyclic) bond motifs is 1. The first-order valence-electron chi connectivity index (χ1n) is 8.25. The zero-order valence-corrected chi connectivity index (χ0v) is 15.5. The van der Waals surface area contributed by atoms with Crippen molar-refractivity contribution in [1.82, 2.24) is 19.4 Å². The van der Waals surface area contributed by atoms with E-state index < -0.39 is 28.6 Å². The molecule has 1 aromatic carbocycles. The lowest BCUT2D eigenvalue weighted by atomic mass is 10.1. The number of rotatable bonds is 6. The third kappa shape index (κ3) is 4.62. The van der Waals surface area contributed by atoms with Gasteiger partial charge in [-0.1, -0.05) is 0 Å². The fraction of sp³-hybridized carbons (Fsp3) is 0.438. The van der Waals surface area contributed by atoms with Gasteiger partial charge in [0.1, 0.15) is 6.54 Å². The summed E-state index contributed by atoms with van der Waals surface area (Å²) in [7, 11) is -3.71. The molecule has 0 radical (unpaired) electrons. The van der Waals surface area contributed by atoms with E-state index in [9.17, 15) is 18.0 Å². The number of hydrogen-bond acceptors (Lipinski definition) is 6. The number of amides is 1. The van der Waals surface area contributed by atoms with Crippen molar-refractivity contribution in [3.8, 4) is 0 Å². The number of nitrogens with zero attached hydrogens (tertiary/aromatic N) is 3. The van der Waals surface area contributed by atoms with E-state index in [-0.39, 0.29) is 25.6 Å². The van der Waals surface area contributed by atoms with Gasteiger partial charge < -0.3 is 14.7 Å². The number of hydrogen-bond donors (Lipinski definition) is 2. The fourth-order valence-electron chi connectivity index (χ4n) is 2.97. The highest BCUT2D eigenvalue weighted by atomic mass is 32.2. The van der Waals surface area contributed by atoms with Gasteiger partial charge >= 0.3 is 5.97 Å². The molecule has 27 heavy (non-hydrogen) atoms. The highest BCUT2D eigenvalue weighted by Gasteiger charge is 2.30. The van der Waals surface area contributed by atoms with Gasteiger partial charge in [0.25, 0.3) is 5.91 Å². The van der Waals surface area contributed by atoms with Gasteiger partial charge in [-0.05, 0) is 18.2 Å². The minimum Gasteiger partial charge on any atom is -0.480 e. The summed E-state index contributed by atoms with van der Waals surface area (Å²) in [6, 6.07) is 5.20. The van der Waals surface area contributed by atoms with Gasteiger partial charge in [-0.15, -0.1) is 0 Å². The molecular formula is C16H20N4O6S. The minimum absolute atomic E-state index is 0.129. The fourth-order valence-corrected chi connectivity index (χ4v) is 3.75. The van der Waals surface area contributed by atoms with Crippen LogP contribution in [-0.2, 0) is 19.6 Å². The molecule has 10 nitrogen and oxygen atoms in total. The standard InChI is InChI=1S/C16H20N4O6S/c1-27(24,25)20(10-15(21)22)9-13-8-19(4-5-26-13)16(23)11-2-3-14-12(6-11)7-17-18-14/h2-3,6-7,13H,4-5,8-10H2,1H3,(H,17,18)(H,21,22)/t13-/m1/s1. The molecule has 11 heteroatoms. The quantitative estimate of drug-likeness (QED) is 0.688. The normalized spacial score (nSPS) is 18.1. The molecule has 1 amide bonds. The summed E-state index contributed by atoms with van der Waals surface area (Å²) >= 11 is 0. The number of aromatic nitrogens is 2. The maximum atomic E-state index is 12.8. The van der Waals surface area contributed by atoms with Crippen molar-refractivity contribution in [3.63, 3.8) is 0 Å². The number of sulfonamides is 1. The summed E-state index contributed by atoms with van der Waals surface area (Å²) in [5.74, 6) is -1.45. The third-order valence-corrected chi connectivity index (χ3v) is 5.52. The van der Waals surface area contributed by atoms with Gasteiger partial charge in [0.05, 0.1) is 30.7 Å². The number of nitrogens with one attached hydrogen (secondary N) is 1. The average molecular weight is 396 g/mol. The van der Waals surface area contributed by atoms with Crippen molar-refractivity contribution >= 4 is 32.8 Å². The van der Waals surface area contributed by atoms with E-state index in [1.165, 1.54) is 0 Å². The lowest BCUT2D eigenvalue weighted by molar-refractivity contribution is -0.137. The summed E-state index contributed by atoms with van der Waals surface area (Å²) in [5.41, 5.74) is 1.32. The van der Waals surface area contributed by atoms with E-state index in [4.69, 9.17) is 9.84 Å². The van der Waals surface area contributed by atoms with Crippen LogP contribution in [-0.4, -0.2) is 89.9 Å². The predicted octanol–water partition coefficient (Wildman–Crippen LogP) is -0.250. The molecule has 1 fully saturated rings. The van der Waals surface area contributed by atoms with Crippen molar-refractivity contribution in [1.29, 1.82) is 0 Å². The zero-order chi connectivity index (χ0) is 19.6. The maximum absolute atomic E-state index is 12.8. The molecule has 146 valence electrons. The zero-order valence-electron chi connectivity index (χ0n) is 14.7. The van der Waals surface area contributed by atoms with E-state index >= 15 is 0 Å². The number of aliphatic carboxylic acids is 1. The number of carbonyl (C=O) groups excluding carboxylic acids is 1. The molecule has 2 heterocycles. The molecule has 3 rings (SSSR count). The van der Waals surface area contributed by atoms with Crippen LogP contribution in [0.15, 0.2) is 24.4 Å². The number of carboxylic acid groups (broad SMARTS) is 1. The van der Waals surface area contributed by atoms with Crippen molar-refractivity contribution in [2.24, 2.45) is 0 Å². The van der Waals surface area contributed by atoms with E-state index in [2.05, 4.69) is 10.2 Å². The highest BCUT2D eigenvalue weighted by molar-refractivity contribution is 7.88. The second kappa shape index (κ2) is 7.62. The molecule has 1 atom stereocenters. The Balaban J connectivity index is 1.71. The Morgan fingerprint density at radius 1 is 1.44 bits per heavy atom. The van der Waals surface area contributed by atoms with Gasteiger partial charge in [-0.25, -0.2) is 8.42 Å². The summed E-state index contributed by atoms with van der Waals surface area (Å²) in [6.07, 6.45) is 1.97. The molecule has 0 saturated carbocycles. The van der Waals surface area contributed by atoms with Gasteiger partial charge in [0.15, 0.2) is 0 Å². The summed E-state index contributed by atoms with van der Waals surface area (Å²) in [5, 5.41) is 16.5. The maximum Gasteiger partial charge on any atom is 0.318 e. The first-order chi connectivity index (χ1) is 12.7. The Bertz CT molecular complexity index is 957. The molecule has 1 aromatic heterocycles. The van der Waals surface area contributed by atoms with Crippen LogP contribution in [0.2, 0.25) is 0 Å². The van der Waals surface area contributed by atoms with Gasteiger partial charge in [0, 0.05) is 30.6 Å². The van der Waals surface area contributed by atoms with Gasteiger partial charge in [-0.3, -0.25) is 14.7 Å². The Kier molecular flexibility index (Phi) is 5.44. The topological polar surface area (TPSA) is 133 Å². The monoisotopic (exact) mass is 396 g/mol. The van der Waals surface area contributed by atoms with Crippen LogP contribution < -0.4 is 0 Å². The van der Waals surface area contributed by atoms with Crippen LogP contribution in [0.3, 0.4) is 0 Å². The van der Waals surface area contributed by atoms with Crippen LogP contribution in [0.25, 0.3) is 10.9 Å². The third-order valence-electron chi connectivity index (χ3n) is 4.30. The Morgan fingerprint density at radius 2 is 2.22 bits per heavy atom. The number of morpholine rings is 1. The van der Waals surface area contributed by atoms with Crippen molar-refractivity contribution in [2.45, 2.75) is 6.10 Å². The number of benzene rings is 1. The Labute approximate surface area is 155 Å². The lowest BCUT2D eigenvalue weighted by Gasteiger charge is -2.35. The van der Waals surface area contributed by atoms with Crippen LogP contribution in [0.1, 0.15) is 10.4 Å². The summed E-state index contributed by atoms with van der Waals surface area (Å²) < 4.78 is 30.0. The average Bonchev–Trinajstić information content (AvgIpc) is 3.07. The smallest absolute Gasteiger partial charge is 0.318 e. The molecule has 1 aliphatic rings. The number of carbonyl (C=O) groups is 2. The van der Waals surface area contributed by atoms with E-state index in [1.54, 1.807) is 29.3 Å². The van der Waals surface area contributed by atoms with Crippen LogP contribution in [0.4, 0.5) is 0 Å². The highest BCUT2D eigenvalue weighted by Crippen LogP contribution is 2.17. The van der Waals surface area contributed by atoms with Gasteiger partial charge in [-0.2, -0.15) is 9.40 Å². The van der Waals surface area contributed by atoms with Crippen LogP contribution >= 0.6 is 0 Å². The predicted molar refractivity (Wildman–Crippen MR) is 95.8 cm³/mol. The number of H-pyrrole nitrogens is 1. The summed E-state index contributed by atoms with van der Waals surface area (Å²) in [4.78, 5) is 25.3. The molecule has 0 aliphatic carbocycles. The molecule has 1 aliphatic heterocycles. The Morgan fingerprint density at radius 3 is 2.93 bits per heavy atom. The SMILES string of the molecule is CS(=O)(=O)N(CC(=O)O)C[C@H]1CN(C(=O)c2ccc3[nH]ncc3c2)CCO1. The lowest BCUT2D eigenvalue weighted by Crippen LogP contribution is -2.51. The molecule has 0 spiro atoms. The second-order valence-electron chi connectivity index (χ2n) is 6.37. The second-order valence-corrected chi connectivity index (χ2v) is 8.35. The molecule has 0 unspecified atom stereocenters. The van der Waals surface area contributed by atoms with Crippen LogP contribution in [0, 0.1) is 0 Å². The van der Waals surface area contributed by atoms with Crippen LogP contribution in [0.5, 0.6) is 0 Å². The van der Waals surface area contributed by atoms with Crippen molar-refractivity contribution < 1.29 is 27.9 Å². The molecule has 2 N–H and O–H groups in total. The van der Waals surface area contributed by atoms with Crippen molar-refractivity contribution in [3.05, 3.63) is 30.0 Å². The van der Waals surface area contributed by atoms with Gasteiger partial charge in [0.2, 0.25) is 10.0 Å². The largest absolute Gasteiger partial charge is 0.480 e. The number of ether oxygens (including phenoxy) is 1. The van der Waals surface area contributed by atoms with E-state index in [0.717, 1.165) is 21.5 Å².